The average molecular weight is 489 g/mol. The zero-order valence-corrected chi connectivity index (χ0v) is 18.0. The van der Waals surface area contributed by atoms with Gasteiger partial charge in [0.1, 0.15) is 5.58 Å². The van der Waals surface area contributed by atoms with Gasteiger partial charge in [-0.2, -0.15) is 0 Å². The second kappa shape index (κ2) is 8.38. The number of amides is 1. The maximum Gasteiger partial charge on any atom is 0.262 e. The van der Waals surface area contributed by atoms with Gasteiger partial charge in [-0.1, -0.05) is 23.7 Å². The first-order valence-corrected chi connectivity index (χ1v) is 10.1. The Morgan fingerprint density at radius 1 is 1.13 bits per heavy atom. The molecule has 0 unspecified atom stereocenters. The van der Waals surface area contributed by atoms with E-state index in [1.54, 1.807) is 54.6 Å². The summed E-state index contributed by atoms with van der Waals surface area (Å²) >= 11 is 9.17. The summed E-state index contributed by atoms with van der Waals surface area (Å²) in [6, 6.07) is 15.2. The normalized spacial score (nSPS) is 10.9. The Kier molecular flexibility index (Phi) is 5.65. The highest BCUT2D eigenvalue weighted by molar-refractivity contribution is 9.10. The van der Waals surface area contributed by atoms with Crippen LogP contribution in [0, 0.1) is 6.92 Å². The number of hydrogen-bond acceptors (Lipinski definition) is 5. The lowest BCUT2D eigenvalue weighted by atomic mass is 10.2. The second-order valence-electron chi connectivity index (χ2n) is 6.49. The molecule has 0 atom stereocenters. The maximum atomic E-state index is 13.0. The van der Waals surface area contributed by atoms with Crippen molar-refractivity contribution in [2.45, 2.75) is 6.92 Å². The van der Waals surface area contributed by atoms with Crippen LogP contribution in [0.3, 0.4) is 0 Å². The van der Waals surface area contributed by atoms with Crippen LogP contribution in [0.2, 0.25) is 5.02 Å². The van der Waals surface area contributed by atoms with E-state index in [-0.39, 0.29) is 18.1 Å². The third-order valence-corrected chi connectivity index (χ3v) is 5.02. The van der Waals surface area contributed by atoms with Crippen molar-refractivity contribution in [3.63, 3.8) is 0 Å². The number of carbonyl (C=O) groups is 1. The summed E-state index contributed by atoms with van der Waals surface area (Å²) in [6.07, 6.45) is 0. The number of fused-ring (bicyclic) bond motifs is 1. The molecular formula is C22H15BrClNO5. The van der Waals surface area contributed by atoms with E-state index in [0.717, 1.165) is 5.56 Å². The molecule has 0 bridgehead atoms. The summed E-state index contributed by atoms with van der Waals surface area (Å²) in [5.74, 6) is -0.119. The van der Waals surface area contributed by atoms with Crippen molar-refractivity contribution in [3.8, 4) is 17.3 Å². The fourth-order valence-corrected chi connectivity index (χ4v) is 3.48. The zero-order chi connectivity index (χ0) is 21.3. The summed E-state index contributed by atoms with van der Waals surface area (Å²) in [7, 11) is 0. The van der Waals surface area contributed by atoms with Crippen molar-refractivity contribution in [1.82, 2.24) is 0 Å². The topological polar surface area (TPSA) is 81.7 Å². The first kappa shape index (κ1) is 20.3. The summed E-state index contributed by atoms with van der Waals surface area (Å²) in [6.45, 7) is 1.44. The molecule has 0 aliphatic carbocycles. The number of hydrogen-bond donors (Lipinski definition) is 1. The maximum absolute atomic E-state index is 13.0. The number of benzene rings is 2. The minimum absolute atomic E-state index is 0.0986. The van der Waals surface area contributed by atoms with Crippen LogP contribution in [-0.2, 0) is 4.79 Å². The Labute approximate surface area is 184 Å². The van der Waals surface area contributed by atoms with E-state index in [1.165, 1.54) is 0 Å². The van der Waals surface area contributed by atoms with Gasteiger partial charge in [-0.15, -0.1) is 0 Å². The highest BCUT2D eigenvalue weighted by Crippen LogP contribution is 2.33. The fourth-order valence-electron chi connectivity index (χ4n) is 2.95. The molecule has 0 aliphatic heterocycles. The number of rotatable bonds is 5. The molecule has 152 valence electrons. The third-order valence-electron chi connectivity index (χ3n) is 4.36. The van der Waals surface area contributed by atoms with Gasteiger partial charge in [0.05, 0.1) is 5.39 Å². The van der Waals surface area contributed by atoms with Crippen LogP contribution in [0.25, 0.3) is 22.5 Å². The van der Waals surface area contributed by atoms with E-state index >= 15 is 0 Å². The highest BCUT2D eigenvalue weighted by atomic mass is 79.9. The molecule has 2 aromatic heterocycles. The van der Waals surface area contributed by atoms with Crippen LogP contribution in [-0.4, -0.2) is 12.5 Å². The molecule has 4 rings (SSSR count). The highest BCUT2D eigenvalue weighted by Gasteiger charge is 2.21. The van der Waals surface area contributed by atoms with Gasteiger partial charge < -0.3 is 18.9 Å². The first-order chi connectivity index (χ1) is 14.4. The molecule has 30 heavy (non-hydrogen) atoms. The van der Waals surface area contributed by atoms with Crippen molar-refractivity contribution in [2.24, 2.45) is 0 Å². The van der Waals surface area contributed by atoms with Crippen LogP contribution in [0.4, 0.5) is 5.69 Å². The largest absolute Gasteiger partial charge is 0.476 e. The fraction of sp³-hybridized carbons (Fsp3) is 0.0909. The molecule has 0 saturated carbocycles. The number of anilines is 1. The molecule has 8 heteroatoms. The van der Waals surface area contributed by atoms with Crippen molar-refractivity contribution in [1.29, 1.82) is 0 Å². The Bertz CT molecular complexity index is 1310. The van der Waals surface area contributed by atoms with Crippen LogP contribution in [0.1, 0.15) is 5.56 Å². The first-order valence-electron chi connectivity index (χ1n) is 8.93. The van der Waals surface area contributed by atoms with Crippen LogP contribution < -0.4 is 15.5 Å². The van der Waals surface area contributed by atoms with E-state index in [0.29, 0.717) is 32.1 Å². The van der Waals surface area contributed by atoms with E-state index in [9.17, 15) is 9.59 Å². The smallest absolute Gasteiger partial charge is 0.262 e. The Morgan fingerprint density at radius 2 is 1.93 bits per heavy atom. The standard InChI is InChI=1S/C22H15BrClNO5/c1-12-10-13(24)6-7-15(12)25-19(26)11-28-22-20(27)14-4-2-3-5-16(14)30-21(22)17-8-9-18(23)29-17/h2-10H,11H2,1H3,(H,25,26). The summed E-state index contributed by atoms with van der Waals surface area (Å²) in [4.78, 5) is 25.4. The summed E-state index contributed by atoms with van der Waals surface area (Å²) in [5.41, 5.74) is 1.41. The van der Waals surface area contributed by atoms with Gasteiger partial charge in [0.25, 0.3) is 5.91 Å². The number of ether oxygens (including phenoxy) is 1. The summed E-state index contributed by atoms with van der Waals surface area (Å²) < 4.78 is 17.5. The van der Waals surface area contributed by atoms with Crippen LogP contribution in [0.15, 0.2) is 72.9 Å². The van der Waals surface area contributed by atoms with Gasteiger partial charge >= 0.3 is 0 Å². The van der Waals surface area contributed by atoms with Gasteiger partial charge in [-0.3, -0.25) is 9.59 Å². The molecular weight excluding hydrogens is 474 g/mol. The molecule has 0 saturated heterocycles. The Morgan fingerprint density at radius 3 is 2.67 bits per heavy atom. The van der Waals surface area contributed by atoms with E-state index in [2.05, 4.69) is 21.2 Å². The molecule has 2 aromatic carbocycles. The van der Waals surface area contributed by atoms with E-state index < -0.39 is 11.3 Å². The number of halogens is 2. The van der Waals surface area contributed by atoms with Crippen molar-refractivity contribution < 1.29 is 18.4 Å². The average Bonchev–Trinajstić information content (AvgIpc) is 3.15. The number of nitrogens with one attached hydrogen (secondary N) is 1. The van der Waals surface area contributed by atoms with E-state index in [4.69, 9.17) is 25.2 Å². The molecule has 1 amide bonds. The van der Waals surface area contributed by atoms with Crippen molar-refractivity contribution in [3.05, 3.63) is 80.1 Å². The number of aryl methyl sites for hydroxylation is 1. The van der Waals surface area contributed by atoms with Gasteiger partial charge in [0.2, 0.25) is 16.9 Å². The van der Waals surface area contributed by atoms with E-state index in [1.807, 2.05) is 6.92 Å². The van der Waals surface area contributed by atoms with Gasteiger partial charge in [-0.05, 0) is 70.9 Å². The Hall–Kier alpha value is -3.03. The van der Waals surface area contributed by atoms with Crippen molar-refractivity contribution in [2.75, 3.05) is 11.9 Å². The monoisotopic (exact) mass is 487 g/mol. The molecule has 0 radical (unpaired) electrons. The molecule has 4 aromatic rings. The van der Waals surface area contributed by atoms with Gasteiger partial charge in [0.15, 0.2) is 17.0 Å². The molecule has 0 spiro atoms. The minimum atomic E-state index is -0.431. The van der Waals surface area contributed by atoms with Crippen LogP contribution in [0.5, 0.6) is 5.75 Å². The predicted octanol–water partition coefficient (Wildman–Crippen LogP) is 5.79. The SMILES string of the molecule is Cc1cc(Cl)ccc1NC(=O)COc1c(-c2ccc(Br)o2)oc2ccccc2c1=O. The lowest BCUT2D eigenvalue weighted by molar-refractivity contribution is -0.118. The lowest BCUT2D eigenvalue weighted by Crippen LogP contribution is -2.23. The van der Waals surface area contributed by atoms with Gasteiger partial charge in [-0.25, -0.2) is 0 Å². The lowest BCUT2D eigenvalue weighted by Gasteiger charge is -2.11. The number of para-hydroxylation sites is 1. The third kappa shape index (κ3) is 4.13. The van der Waals surface area contributed by atoms with Crippen molar-refractivity contribution >= 4 is 50.1 Å². The second-order valence-corrected chi connectivity index (χ2v) is 7.70. The molecule has 0 aliphatic rings. The molecule has 6 nitrogen and oxygen atoms in total. The zero-order valence-electron chi connectivity index (χ0n) is 15.7. The quantitative estimate of drug-likeness (QED) is 0.384. The Balaban J connectivity index is 1.65. The predicted molar refractivity (Wildman–Crippen MR) is 118 cm³/mol. The van der Waals surface area contributed by atoms with Crippen LogP contribution >= 0.6 is 27.5 Å². The molecule has 0 fully saturated rings. The molecule has 1 N–H and O–H groups in total. The minimum Gasteiger partial charge on any atom is -0.476 e. The summed E-state index contributed by atoms with van der Waals surface area (Å²) in [5, 5.41) is 3.66. The van der Waals surface area contributed by atoms with Gasteiger partial charge in [0, 0.05) is 10.7 Å². The number of carbonyl (C=O) groups excluding carboxylic acids is 1. The molecule has 2 heterocycles. The number of furan rings is 1.